The van der Waals surface area contributed by atoms with Crippen LogP contribution in [0.4, 0.5) is 4.39 Å². The lowest BCUT2D eigenvalue weighted by atomic mass is 10.2. The van der Waals surface area contributed by atoms with E-state index in [1.165, 1.54) is 12.1 Å². The van der Waals surface area contributed by atoms with Crippen molar-refractivity contribution in [3.8, 4) is 17.4 Å². The molecule has 22 heavy (non-hydrogen) atoms. The summed E-state index contributed by atoms with van der Waals surface area (Å²) in [6, 6.07) is 13.9. The van der Waals surface area contributed by atoms with Gasteiger partial charge in [0.15, 0.2) is 5.82 Å². The van der Waals surface area contributed by atoms with Crippen molar-refractivity contribution >= 4 is 11.6 Å². The molecule has 0 aliphatic carbocycles. The molecule has 0 saturated carbocycles. The van der Waals surface area contributed by atoms with E-state index >= 15 is 0 Å². The van der Waals surface area contributed by atoms with Gasteiger partial charge in [0.25, 0.3) is 0 Å². The molecule has 0 amide bonds. The quantitative estimate of drug-likeness (QED) is 0.733. The van der Waals surface area contributed by atoms with Gasteiger partial charge in [0, 0.05) is 17.6 Å². The number of ether oxygens (including phenoxy) is 1. The third-order valence-electron chi connectivity index (χ3n) is 3.22. The molecule has 3 aromatic rings. The first-order chi connectivity index (χ1) is 10.6. The lowest BCUT2D eigenvalue weighted by molar-refractivity contribution is 0.271. The van der Waals surface area contributed by atoms with Gasteiger partial charge in [-0.2, -0.15) is 0 Å². The summed E-state index contributed by atoms with van der Waals surface area (Å²) in [5, 5.41) is 8.79. The highest BCUT2D eigenvalue weighted by molar-refractivity contribution is 6.30. The van der Waals surface area contributed by atoms with E-state index in [4.69, 9.17) is 16.3 Å². The molecule has 0 aliphatic rings. The van der Waals surface area contributed by atoms with Crippen LogP contribution in [-0.2, 0) is 13.7 Å². The molecule has 0 aliphatic heterocycles. The van der Waals surface area contributed by atoms with Crippen LogP contribution in [0.5, 0.6) is 6.01 Å². The summed E-state index contributed by atoms with van der Waals surface area (Å²) in [7, 11) is 1.80. The van der Waals surface area contributed by atoms with Crippen molar-refractivity contribution < 1.29 is 9.13 Å². The van der Waals surface area contributed by atoms with E-state index in [0.29, 0.717) is 23.5 Å². The maximum atomic E-state index is 13.0. The zero-order valence-electron chi connectivity index (χ0n) is 11.8. The second-order valence-corrected chi connectivity index (χ2v) is 5.22. The molecule has 0 saturated heterocycles. The van der Waals surface area contributed by atoms with Crippen LogP contribution < -0.4 is 4.74 Å². The minimum absolute atomic E-state index is 0.287. The number of nitrogens with zero attached hydrogens (tertiary/aromatic N) is 3. The Morgan fingerprint density at radius 3 is 2.41 bits per heavy atom. The molecule has 0 spiro atoms. The van der Waals surface area contributed by atoms with Gasteiger partial charge in [-0.15, -0.1) is 5.10 Å². The maximum Gasteiger partial charge on any atom is 0.317 e. The molecule has 2 aromatic carbocycles. The Morgan fingerprint density at radius 2 is 1.73 bits per heavy atom. The summed E-state index contributed by atoms with van der Waals surface area (Å²) >= 11 is 5.84. The van der Waals surface area contributed by atoms with Gasteiger partial charge >= 0.3 is 6.01 Å². The predicted molar refractivity (Wildman–Crippen MR) is 82.2 cm³/mol. The van der Waals surface area contributed by atoms with E-state index in [0.717, 1.165) is 11.1 Å². The van der Waals surface area contributed by atoms with Gasteiger partial charge in [0.05, 0.1) is 0 Å². The number of rotatable bonds is 4. The van der Waals surface area contributed by atoms with Crippen LogP contribution >= 0.6 is 11.6 Å². The highest BCUT2D eigenvalue weighted by Crippen LogP contribution is 2.21. The molecule has 0 fully saturated rings. The molecule has 4 nitrogen and oxygen atoms in total. The van der Waals surface area contributed by atoms with Crippen LogP contribution in [0, 0.1) is 5.82 Å². The van der Waals surface area contributed by atoms with Gasteiger partial charge in [-0.05, 0) is 42.0 Å². The van der Waals surface area contributed by atoms with Crippen LogP contribution in [0.3, 0.4) is 0 Å². The number of aromatic nitrogens is 3. The van der Waals surface area contributed by atoms with Crippen LogP contribution in [0.2, 0.25) is 5.02 Å². The first-order valence-electron chi connectivity index (χ1n) is 6.66. The SMILES string of the molecule is Cn1c(OCc2ccc(Cl)cc2)nnc1-c1ccc(F)cc1. The van der Waals surface area contributed by atoms with Crippen molar-refractivity contribution in [2.45, 2.75) is 6.61 Å². The monoisotopic (exact) mass is 317 g/mol. The lowest BCUT2D eigenvalue weighted by Gasteiger charge is -2.06. The normalized spacial score (nSPS) is 10.7. The Kier molecular flexibility index (Phi) is 4.06. The van der Waals surface area contributed by atoms with Gasteiger partial charge in [0.1, 0.15) is 12.4 Å². The average molecular weight is 318 g/mol. The van der Waals surface area contributed by atoms with Gasteiger partial charge in [-0.3, -0.25) is 4.57 Å². The molecule has 0 bridgehead atoms. The topological polar surface area (TPSA) is 39.9 Å². The van der Waals surface area contributed by atoms with E-state index in [-0.39, 0.29) is 5.82 Å². The fraction of sp³-hybridized carbons (Fsp3) is 0.125. The summed E-state index contributed by atoms with van der Waals surface area (Å²) in [4.78, 5) is 0. The van der Waals surface area contributed by atoms with Crippen molar-refractivity contribution in [1.82, 2.24) is 14.8 Å². The standard InChI is InChI=1S/C16H13ClFN3O/c1-21-15(12-4-8-14(18)9-5-12)19-20-16(21)22-10-11-2-6-13(17)7-3-11/h2-9H,10H2,1H3. The highest BCUT2D eigenvalue weighted by Gasteiger charge is 2.11. The van der Waals surface area contributed by atoms with Gasteiger partial charge in [0.2, 0.25) is 0 Å². The molecule has 112 valence electrons. The van der Waals surface area contributed by atoms with Crippen molar-refractivity contribution in [2.24, 2.45) is 7.05 Å². The summed E-state index contributed by atoms with van der Waals surface area (Å²) < 4.78 is 20.4. The molecule has 0 N–H and O–H groups in total. The van der Waals surface area contributed by atoms with Gasteiger partial charge in [-0.25, -0.2) is 4.39 Å². The zero-order chi connectivity index (χ0) is 15.5. The van der Waals surface area contributed by atoms with Gasteiger partial charge < -0.3 is 4.74 Å². The fourth-order valence-electron chi connectivity index (χ4n) is 2.02. The summed E-state index contributed by atoms with van der Waals surface area (Å²) in [6.45, 7) is 0.368. The Hall–Kier alpha value is -2.40. The minimum Gasteiger partial charge on any atom is -0.459 e. The first-order valence-corrected chi connectivity index (χ1v) is 7.04. The molecule has 0 unspecified atom stereocenters. The van der Waals surface area contributed by atoms with Crippen molar-refractivity contribution in [3.05, 3.63) is 64.9 Å². The Balaban J connectivity index is 1.75. The van der Waals surface area contributed by atoms with Crippen LogP contribution in [0.25, 0.3) is 11.4 Å². The molecule has 0 radical (unpaired) electrons. The molecule has 1 aromatic heterocycles. The zero-order valence-corrected chi connectivity index (χ0v) is 12.6. The molecular formula is C16H13ClFN3O. The van der Waals surface area contributed by atoms with E-state index < -0.39 is 0 Å². The number of hydrogen-bond donors (Lipinski definition) is 0. The average Bonchev–Trinajstić information content (AvgIpc) is 2.89. The number of halogens is 2. The molecule has 3 rings (SSSR count). The van der Waals surface area contributed by atoms with Crippen molar-refractivity contribution in [2.75, 3.05) is 0 Å². The summed E-state index contributed by atoms with van der Waals surface area (Å²) in [5.41, 5.74) is 1.76. The minimum atomic E-state index is -0.287. The Bertz CT molecular complexity index is 769. The molecule has 0 atom stereocenters. The summed E-state index contributed by atoms with van der Waals surface area (Å²) in [6.07, 6.45) is 0. The second kappa shape index (κ2) is 6.15. The van der Waals surface area contributed by atoms with E-state index in [1.807, 2.05) is 12.1 Å². The fourth-order valence-corrected chi connectivity index (χ4v) is 2.15. The number of hydrogen-bond acceptors (Lipinski definition) is 3. The lowest BCUT2D eigenvalue weighted by Crippen LogP contribution is -2.02. The summed E-state index contributed by atoms with van der Waals surface area (Å²) in [5.74, 6) is 0.330. The Labute approximate surface area is 132 Å². The third kappa shape index (κ3) is 3.09. The van der Waals surface area contributed by atoms with Crippen LogP contribution in [0.1, 0.15) is 5.56 Å². The molecule has 6 heteroatoms. The van der Waals surface area contributed by atoms with Crippen molar-refractivity contribution in [1.29, 1.82) is 0 Å². The molecule has 1 heterocycles. The van der Waals surface area contributed by atoms with Crippen LogP contribution in [-0.4, -0.2) is 14.8 Å². The van der Waals surface area contributed by atoms with Gasteiger partial charge in [-0.1, -0.05) is 28.8 Å². The largest absolute Gasteiger partial charge is 0.459 e. The van der Waals surface area contributed by atoms with E-state index in [1.54, 1.807) is 35.9 Å². The smallest absolute Gasteiger partial charge is 0.317 e. The highest BCUT2D eigenvalue weighted by atomic mass is 35.5. The molecular weight excluding hydrogens is 305 g/mol. The van der Waals surface area contributed by atoms with E-state index in [2.05, 4.69) is 10.2 Å². The third-order valence-corrected chi connectivity index (χ3v) is 3.47. The maximum absolute atomic E-state index is 13.0. The van der Waals surface area contributed by atoms with Crippen LogP contribution in [0.15, 0.2) is 48.5 Å². The predicted octanol–water partition coefficient (Wildman–Crippen LogP) is 3.85. The first kappa shape index (κ1) is 14.5. The Morgan fingerprint density at radius 1 is 1.05 bits per heavy atom. The van der Waals surface area contributed by atoms with Crippen molar-refractivity contribution in [3.63, 3.8) is 0 Å². The van der Waals surface area contributed by atoms with E-state index in [9.17, 15) is 4.39 Å². The number of benzene rings is 2. The second-order valence-electron chi connectivity index (χ2n) is 4.79.